The first-order chi connectivity index (χ1) is 22.0. The number of alkyl halides is 2. The summed E-state index contributed by atoms with van der Waals surface area (Å²) in [6, 6.07) is 3.13. The Morgan fingerprint density at radius 2 is 1.98 bits per heavy atom. The third-order valence-corrected chi connectivity index (χ3v) is 9.93. The second-order valence-electron chi connectivity index (χ2n) is 12.2. The summed E-state index contributed by atoms with van der Waals surface area (Å²) in [6.45, 7) is -1.39. The van der Waals surface area contributed by atoms with Gasteiger partial charge in [-0.05, 0) is 49.7 Å². The van der Waals surface area contributed by atoms with Gasteiger partial charge in [0.2, 0.25) is 0 Å². The van der Waals surface area contributed by atoms with Crippen LogP contribution >= 0.6 is 11.6 Å². The lowest BCUT2D eigenvalue weighted by molar-refractivity contribution is 0.107. The molecule has 1 saturated carbocycles. The van der Waals surface area contributed by atoms with Crippen LogP contribution in [0.25, 0.3) is 33.1 Å². The van der Waals surface area contributed by atoms with E-state index in [9.17, 15) is 8.78 Å². The van der Waals surface area contributed by atoms with Gasteiger partial charge in [-0.25, -0.2) is 22.5 Å². The van der Waals surface area contributed by atoms with Crippen LogP contribution < -0.4 is 15.4 Å². The molecule has 8 rings (SSSR count). The summed E-state index contributed by atoms with van der Waals surface area (Å²) in [6.07, 6.45) is 2.27. The molecule has 8 nitrogen and oxygen atoms in total. The maximum atomic E-state index is 16.8. The van der Waals surface area contributed by atoms with Gasteiger partial charge in [-0.15, -0.1) is 0 Å². The average molecular weight is 630 g/mol. The summed E-state index contributed by atoms with van der Waals surface area (Å²) in [5, 5.41) is 0.380. The zero-order chi connectivity index (χ0) is 32.1. The number of rotatable bonds is 5. The lowest BCUT2D eigenvalue weighted by Gasteiger charge is -2.31. The number of nitrogens with zero attached hydrogens (tertiary/aromatic N) is 6. The molecule has 44 heavy (non-hydrogen) atoms. The molecule has 13 heteroatoms. The van der Waals surface area contributed by atoms with E-state index in [4.69, 9.17) is 24.8 Å². The lowest BCUT2D eigenvalue weighted by Crippen LogP contribution is -2.43. The monoisotopic (exact) mass is 629 g/mol. The minimum atomic E-state index is -2.44. The highest BCUT2D eigenvalue weighted by Gasteiger charge is 2.56. The highest BCUT2D eigenvalue weighted by molar-refractivity contribution is 6.36. The highest BCUT2D eigenvalue weighted by Crippen LogP contribution is 2.48. The first-order valence-corrected chi connectivity index (χ1v) is 15.3. The van der Waals surface area contributed by atoms with Crippen molar-refractivity contribution >= 4 is 44.9 Å². The van der Waals surface area contributed by atoms with E-state index in [0.29, 0.717) is 37.7 Å². The van der Waals surface area contributed by atoms with E-state index in [-0.39, 0.29) is 63.2 Å². The number of anilines is 2. The van der Waals surface area contributed by atoms with E-state index in [1.165, 1.54) is 24.4 Å². The van der Waals surface area contributed by atoms with Gasteiger partial charge >= 0.3 is 6.01 Å². The summed E-state index contributed by atoms with van der Waals surface area (Å²) in [5.74, 6) is -1.74. The van der Waals surface area contributed by atoms with Gasteiger partial charge in [-0.3, -0.25) is 9.88 Å². The number of fused-ring (bicyclic) bond motifs is 4. The molecule has 3 aliphatic heterocycles. The maximum Gasteiger partial charge on any atom is 0.319 e. The molecule has 0 radical (unpaired) electrons. The van der Waals surface area contributed by atoms with Crippen molar-refractivity contribution in [2.24, 2.45) is 5.92 Å². The molecule has 230 valence electrons. The Bertz CT molecular complexity index is 1910. The van der Waals surface area contributed by atoms with E-state index in [1.807, 2.05) is 0 Å². The number of hydrogen-bond acceptors (Lipinski definition) is 8. The SMILES string of the molecule is [2H]C([2H])(Oc1nc(N2CCCC[C@H]3[C@H](F)[C@H]32)c2cnc(-c3nc(N)cc4ccc(F)c(Cl)c34)c(F)c2n1)[C@@]12CCCN1C[C@H](F)C2. The Labute approximate surface area is 258 Å². The van der Waals surface area contributed by atoms with Crippen molar-refractivity contribution in [2.75, 3.05) is 36.8 Å². The molecule has 0 spiro atoms. The second-order valence-corrected chi connectivity index (χ2v) is 12.6. The van der Waals surface area contributed by atoms with Gasteiger partial charge in [0.25, 0.3) is 0 Å². The van der Waals surface area contributed by atoms with E-state index in [0.717, 1.165) is 12.8 Å². The van der Waals surface area contributed by atoms with Crippen LogP contribution in [0.15, 0.2) is 24.4 Å². The van der Waals surface area contributed by atoms with Gasteiger partial charge in [-0.1, -0.05) is 24.1 Å². The maximum absolute atomic E-state index is 16.8. The van der Waals surface area contributed by atoms with Crippen LogP contribution in [0.3, 0.4) is 0 Å². The van der Waals surface area contributed by atoms with Crippen molar-refractivity contribution in [1.29, 1.82) is 0 Å². The third kappa shape index (κ3) is 4.35. The largest absolute Gasteiger partial charge is 0.461 e. The van der Waals surface area contributed by atoms with Crippen LogP contribution in [-0.2, 0) is 0 Å². The quantitative estimate of drug-likeness (QED) is 0.267. The second kappa shape index (κ2) is 10.3. The summed E-state index contributed by atoms with van der Waals surface area (Å²) < 4.78 is 84.9. The van der Waals surface area contributed by atoms with Crippen LogP contribution in [0.1, 0.15) is 41.3 Å². The molecule has 3 aromatic heterocycles. The van der Waals surface area contributed by atoms with E-state index >= 15 is 8.78 Å². The number of aromatic nitrogens is 4. The Kier molecular flexibility index (Phi) is 6.02. The van der Waals surface area contributed by atoms with Gasteiger partial charge < -0.3 is 15.4 Å². The van der Waals surface area contributed by atoms with Crippen molar-refractivity contribution in [3.05, 3.63) is 41.1 Å². The molecule has 0 amide bonds. The number of pyridine rings is 2. The minimum absolute atomic E-state index is 0.0218. The third-order valence-electron chi connectivity index (χ3n) is 9.56. The Balaban J connectivity index is 1.31. The molecule has 1 aromatic carbocycles. The first-order valence-electron chi connectivity index (χ1n) is 15.9. The van der Waals surface area contributed by atoms with Gasteiger partial charge in [0.15, 0.2) is 5.82 Å². The Hall–Kier alpha value is -3.51. The average Bonchev–Trinajstić information content (AvgIpc) is 3.37. The van der Waals surface area contributed by atoms with Crippen molar-refractivity contribution in [2.45, 2.75) is 62.4 Å². The predicted octanol–water partition coefficient (Wildman–Crippen LogP) is 6.04. The molecular weight excluding hydrogens is 598 g/mol. The molecule has 1 aliphatic carbocycles. The molecule has 6 heterocycles. The highest BCUT2D eigenvalue weighted by atomic mass is 35.5. The van der Waals surface area contributed by atoms with Crippen molar-refractivity contribution in [1.82, 2.24) is 24.8 Å². The number of nitrogens with two attached hydrogens (primary N) is 1. The van der Waals surface area contributed by atoms with Crippen LogP contribution in [-0.4, -0.2) is 75.0 Å². The van der Waals surface area contributed by atoms with E-state index in [2.05, 4.69) is 19.9 Å². The molecule has 4 fully saturated rings. The molecule has 2 N–H and O–H groups in total. The standard InChI is InChI=1S/C31H30ClF4N7O/c32-22-19(34)6-5-15-10-20(37)39-26(21(15)22)27-24(36)25-18(12-38-27)29(43-9-2-1-4-17-23(35)28(17)43)41-30(40-25)44-14-31-7-3-8-42(31)13-16(33)11-31/h5-6,10,12,16-17,23,28H,1-4,7-9,11,13-14H2,(H2,37,39)/t16-,17+,23+,28+,31+/m1/s1/i14D2. The summed E-state index contributed by atoms with van der Waals surface area (Å²) >= 11 is 6.33. The molecule has 4 aliphatic rings. The summed E-state index contributed by atoms with van der Waals surface area (Å²) in [5.41, 5.74) is 4.07. The number of halogens is 5. The number of ether oxygens (including phenoxy) is 1. The fourth-order valence-electron chi connectivity index (χ4n) is 7.43. The van der Waals surface area contributed by atoms with Crippen LogP contribution in [0, 0.1) is 17.6 Å². The van der Waals surface area contributed by atoms with E-state index in [1.54, 1.807) is 9.80 Å². The van der Waals surface area contributed by atoms with Gasteiger partial charge in [0, 0.05) is 37.0 Å². The Morgan fingerprint density at radius 1 is 1.11 bits per heavy atom. The number of hydrogen-bond donors (Lipinski definition) is 1. The summed E-state index contributed by atoms with van der Waals surface area (Å²) in [7, 11) is 0. The minimum Gasteiger partial charge on any atom is -0.461 e. The normalized spacial score (nSPS) is 29.3. The van der Waals surface area contributed by atoms with Crippen LogP contribution in [0.2, 0.25) is 5.02 Å². The lowest BCUT2D eigenvalue weighted by atomic mass is 9.95. The molecule has 4 aromatic rings. The molecule has 0 bridgehead atoms. The molecule has 5 atom stereocenters. The van der Waals surface area contributed by atoms with Crippen LogP contribution in [0.5, 0.6) is 6.01 Å². The zero-order valence-corrected chi connectivity index (χ0v) is 24.3. The number of nitrogen functional groups attached to an aromatic ring is 1. The first kappa shape index (κ1) is 25.8. The van der Waals surface area contributed by atoms with Gasteiger partial charge in [0.1, 0.15) is 53.3 Å². The van der Waals surface area contributed by atoms with E-state index < -0.39 is 48.1 Å². The zero-order valence-electron chi connectivity index (χ0n) is 25.5. The summed E-state index contributed by atoms with van der Waals surface area (Å²) in [4.78, 5) is 21.0. The van der Waals surface area contributed by atoms with Crippen molar-refractivity contribution in [3.63, 3.8) is 0 Å². The molecular formula is C31H30ClF4N7O. The Morgan fingerprint density at radius 3 is 2.84 bits per heavy atom. The molecule has 3 saturated heterocycles. The van der Waals surface area contributed by atoms with Crippen molar-refractivity contribution in [3.8, 4) is 17.4 Å². The topological polar surface area (TPSA) is 93.3 Å². The number of benzene rings is 1. The fraction of sp³-hybridized carbons (Fsp3) is 0.484. The fourth-order valence-corrected chi connectivity index (χ4v) is 7.69. The van der Waals surface area contributed by atoms with Gasteiger partial charge in [0.05, 0.1) is 24.7 Å². The predicted molar refractivity (Wildman–Crippen MR) is 159 cm³/mol. The molecule has 0 unspecified atom stereocenters. The van der Waals surface area contributed by atoms with Gasteiger partial charge in [-0.2, -0.15) is 9.97 Å². The van der Waals surface area contributed by atoms with Crippen molar-refractivity contribution < 1.29 is 25.0 Å². The van der Waals surface area contributed by atoms with Crippen LogP contribution in [0.4, 0.5) is 29.2 Å². The smallest absolute Gasteiger partial charge is 0.319 e.